The van der Waals surface area contributed by atoms with Crippen molar-refractivity contribution in [3.8, 4) is 0 Å². The summed E-state index contributed by atoms with van der Waals surface area (Å²) in [6.07, 6.45) is 2.41. The molecule has 0 aliphatic rings. The number of rotatable bonds is 8. The second-order valence-electron chi connectivity index (χ2n) is 6.36. The van der Waals surface area contributed by atoms with Crippen molar-refractivity contribution >= 4 is 0 Å². The molecule has 0 aliphatic carbocycles. The van der Waals surface area contributed by atoms with Gasteiger partial charge >= 0.3 is 0 Å². The highest BCUT2D eigenvalue weighted by Crippen LogP contribution is 2.23. The van der Waals surface area contributed by atoms with E-state index in [0.29, 0.717) is 11.0 Å². The summed E-state index contributed by atoms with van der Waals surface area (Å²) < 4.78 is 0. The summed E-state index contributed by atoms with van der Waals surface area (Å²) in [6, 6.07) is 0. The first-order valence-electron chi connectivity index (χ1n) is 6.67. The van der Waals surface area contributed by atoms with E-state index >= 15 is 0 Å². The molecule has 0 fully saturated rings. The van der Waals surface area contributed by atoms with Crippen LogP contribution in [0.3, 0.4) is 0 Å². The highest BCUT2D eigenvalue weighted by atomic mass is 15.2. The van der Waals surface area contributed by atoms with E-state index in [1.165, 1.54) is 12.8 Å². The number of hydrogen-bond acceptors (Lipinski definition) is 2. The molecule has 0 bridgehead atoms. The van der Waals surface area contributed by atoms with Gasteiger partial charge in [-0.1, -0.05) is 27.7 Å². The molecule has 0 radical (unpaired) electrons. The minimum absolute atomic E-state index is 0.308. The number of nitrogens with zero attached hydrogens (tertiary/aromatic N) is 1. The molecule has 0 unspecified atom stereocenters. The second-order valence-corrected chi connectivity index (χ2v) is 6.36. The molecule has 0 atom stereocenters. The summed E-state index contributed by atoms with van der Waals surface area (Å²) in [5.41, 5.74) is 0.651. The molecular formula is C14H32N2. The molecule has 2 nitrogen and oxygen atoms in total. The Hall–Kier alpha value is -0.0800. The molecule has 0 spiro atoms. The van der Waals surface area contributed by atoms with Crippen LogP contribution in [0.25, 0.3) is 0 Å². The van der Waals surface area contributed by atoms with Crippen LogP contribution in [-0.2, 0) is 0 Å². The third-order valence-electron chi connectivity index (χ3n) is 3.59. The molecule has 0 amide bonds. The van der Waals surface area contributed by atoms with Crippen molar-refractivity contribution < 1.29 is 0 Å². The molecule has 2 heteroatoms. The zero-order valence-electron chi connectivity index (χ0n) is 12.5. The Morgan fingerprint density at radius 1 is 1.06 bits per heavy atom. The Balaban J connectivity index is 4.14. The van der Waals surface area contributed by atoms with E-state index in [-0.39, 0.29) is 0 Å². The van der Waals surface area contributed by atoms with Crippen molar-refractivity contribution in [2.75, 3.05) is 26.7 Å². The SMILES string of the molecule is CCCNCC(C)(C)CN(C)C(C)(C)CC. The molecule has 0 saturated carbocycles. The average Bonchev–Trinajstić information content (AvgIpc) is 2.17. The minimum atomic E-state index is 0.308. The lowest BCUT2D eigenvalue weighted by Crippen LogP contribution is -2.47. The maximum absolute atomic E-state index is 3.52. The fourth-order valence-corrected chi connectivity index (χ4v) is 1.79. The van der Waals surface area contributed by atoms with Gasteiger partial charge in [0.25, 0.3) is 0 Å². The van der Waals surface area contributed by atoms with Crippen LogP contribution in [-0.4, -0.2) is 37.1 Å². The molecule has 16 heavy (non-hydrogen) atoms. The van der Waals surface area contributed by atoms with Crippen molar-refractivity contribution in [1.82, 2.24) is 10.2 Å². The molecular weight excluding hydrogens is 196 g/mol. The monoisotopic (exact) mass is 228 g/mol. The fourth-order valence-electron chi connectivity index (χ4n) is 1.79. The molecule has 0 rings (SSSR count). The fraction of sp³-hybridized carbons (Fsp3) is 1.00. The summed E-state index contributed by atoms with van der Waals surface area (Å²) >= 11 is 0. The van der Waals surface area contributed by atoms with Crippen LogP contribution >= 0.6 is 0 Å². The highest BCUT2D eigenvalue weighted by molar-refractivity contribution is 4.83. The lowest BCUT2D eigenvalue weighted by molar-refractivity contribution is 0.0974. The Morgan fingerprint density at radius 2 is 1.62 bits per heavy atom. The Bertz CT molecular complexity index is 185. The number of nitrogens with one attached hydrogen (secondary N) is 1. The minimum Gasteiger partial charge on any atom is -0.316 e. The van der Waals surface area contributed by atoms with Gasteiger partial charge in [-0.2, -0.15) is 0 Å². The standard InChI is InChI=1S/C14H32N2/c1-8-10-15-11-13(3,4)12-16(7)14(5,6)9-2/h15H,8-12H2,1-7H3. The van der Waals surface area contributed by atoms with Crippen molar-refractivity contribution in [3.63, 3.8) is 0 Å². The summed E-state index contributed by atoms with van der Waals surface area (Å²) in [5, 5.41) is 3.52. The first-order chi connectivity index (χ1) is 7.25. The van der Waals surface area contributed by atoms with Gasteiger partial charge in [-0.15, -0.1) is 0 Å². The lowest BCUT2D eigenvalue weighted by atomic mass is 9.89. The van der Waals surface area contributed by atoms with Crippen molar-refractivity contribution in [1.29, 1.82) is 0 Å². The highest BCUT2D eigenvalue weighted by Gasteiger charge is 2.27. The zero-order chi connectivity index (χ0) is 12.8. The maximum Gasteiger partial charge on any atom is 0.0147 e. The van der Waals surface area contributed by atoms with Gasteiger partial charge in [0.05, 0.1) is 0 Å². The van der Waals surface area contributed by atoms with E-state index in [1.807, 2.05) is 0 Å². The van der Waals surface area contributed by atoms with E-state index < -0.39 is 0 Å². The molecule has 1 N–H and O–H groups in total. The van der Waals surface area contributed by atoms with Gasteiger partial charge in [0.2, 0.25) is 0 Å². The largest absolute Gasteiger partial charge is 0.316 e. The van der Waals surface area contributed by atoms with Crippen molar-refractivity contribution in [3.05, 3.63) is 0 Å². The van der Waals surface area contributed by atoms with Crippen LogP contribution in [0.5, 0.6) is 0 Å². The van der Waals surface area contributed by atoms with E-state index in [0.717, 1.165) is 19.6 Å². The normalized spacial score (nSPS) is 13.5. The molecule has 0 aromatic heterocycles. The van der Waals surface area contributed by atoms with E-state index in [1.54, 1.807) is 0 Å². The molecule has 0 saturated heterocycles. The Morgan fingerprint density at radius 3 is 2.06 bits per heavy atom. The van der Waals surface area contributed by atoms with Gasteiger partial charge in [-0.05, 0) is 45.7 Å². The molecule has 0 aromatic carbocycles. The zero-order valence-corrected chi connectivity index (χ0v) is 12.5. The quantitative estimate of drug-likeness (QED) is 0.642. The summed E-state index contributed by atoms with van der Waals surface area (Å²) in [4.78, 5) is 2.49. The van der Waals surface area contributed by atoms with Crippen LogP contribution in [0.15, 0.2) is 0 Å². The van der Waals surface area contributed by atoms with Gasteiger partial charge in [0.1, 0.15) is 0 Å². The second kappa shape index (κ2) is 6.61. The van der Waals surface area contributed by atoms with E-state index in [2.05, 4.69) is 58.8 Å². The third-order valence-corrected chi connectivity index (χ3v) is 3.59. The van der Waals surface area contributed by atoms with Crippen LogP contribution in [0.1, 0.15) is 54.4 Å². The summed E-state index contributed by atoms with van der Waals surface area (Å²) in [5.74, 6) is 0. The summed E-state index contributed by atoms with van der Waals surface area (Å²) in [6.45, 7) is 17.2. The van der Waals surface area contributed by atoms with Gasteiger partial charge in [-0.3, -0.25) is 0 Å². The van der Waals surface area contributed by atoms with Crippen molar-refractivity contribution in [2.24, 2.45) is 5.41 Å². The van der Waals surface area contributed by atoms with E-state index in [9.17, 15) is 0 Å². The smallest absolute Gasteiger partial charge is 0.0147 e. The molecule has 0 aromatic rings. The van der Waals surface area contributed by atoms with E-state index in [4.69, 9.17) is 0 Å². The topological polar surface area (TPSA) is 15.3 Å². The van der Waals surface area contributed by atoms with Crippen LogP contribution in [0.2, 0.25) is 0 Å². The van der Waals surface area contributed by atoms with Crippen LogP contribution in [0, 0.1) is 5.41 Å². The molecule has 0 aliphatic heterocycles. The van der Waals surface area contributed by atoms with Crippen molar-refractivity contribution in [2.45, 2.75) is 59.9 Å². The van der Waals surface area contributed by atoms with Gasteiger partial charge in [-0.25, -0.2) is 0 Å². The predicted octanol–water partition coefficient (Wildman–Crippen LogP) is 3.13. The lowest BCUT2D eigenvalue weighted by Gasteiger charge is -2.40. The number of hydrogen-bond donors (Lipinski definition) is 1. The maximum atomic E-state index is 3.52. The first kappa shape index (κ1) is 15.9. The van der Waals surface area contributed by atoms with Gasteiger partial charge in [0.15, 0.2) is 0 Å². The first-order valence-corrected chi connectivity index (χ1v) is 6.67. The third kappa shape index (κ3) is 5.86. The molecule has 98 valence electrons. The van der Waals surface area contributed by atoms with Crippen LogP contribution in [0.4, 0.5) is 0 Å². The van der Waals surface area contributed by atoms with Gasteiger partial charge in [0, 0.05) is 18.6 Å². The van der Waals surface area contributed by atoms with Crippen LogP contribution < -0.4 is 5.32 Å². The predicted molar refractivity (Wildman–Crippen MR) is 73.9 cm³/mol. The molecule has 0 heterocycles. The summed E-state index contributed by atoms with van der Waals surface area (Å²) in [7, 11) is 2.24. The van der Waals surface area contributed by atoms with Gasteiger partial charge < -0.3 is 10.2 Å². The average molecular weight is 228 g/mol. The Labute approximate surface area is 103 Å². The Kier molecular flexibility index (Phi) is 6.57.